The molecule has 2 aliphatic rings. The molecule has 2 aliphatic heterocycles. The molecule has 0 radical (unpaired) electrons. The average Bonchev–Trinajstić information content (AvgIpc) is 0.810. The average molecular weight is 1330 g/mol. The van der Waals surface area contributed by atoms with Crippen LogP contribution in [0, 0.1) is 35.5 Å². The molecule has 0 spiro atoms. The Morgan fingerprint density at radius 3 is 1.53 bits per heavy atom. The highest BCUT2D eigenvalue weighted by Crippen LogP contribution is 2.26. The van der Waals surface area contributed by atoms with Gasteiger partial charge >= 0.3 is 0 Å². The van der Waals surface area contributed by atoms with Crippen molar-refractivity contribution in [2.24, 2.45) is 35.5 Å². The number of carbonyl (C=O) groups excluding carboxylic acids is 11. The number of likely N-dealkylation sites (N-methyl/N-ethyl adjacent to an activating group) is 7. The summed E-state index contributed by atoms with van der Waals surface area (Å²) in [6.45, 7) is 31.1. The molecule has 0 aromatic heterocycles. The lowest BCUT2D eigenvalue weighted by Crippen LogP contribution is -2.63. The Morgan fingerprint density at radius 2 is 1.02 bits per heavy atom. The monoisotopic (exact) mass is 1330 g/mol. The lowest BCUT2D eigenvalue weighted by atomic mass is 9.91. The van der Waals surface area contributed by atoms with E-state index in [0.29, 0.717) is 26.1 Å². The molecule has 94 heavy (non-hydrogen) atoms. The third-order valence-corrected chi connectivity index (χ3v) is 18.1. The number of amides is 11. The minimum absolute atomic E-state index is 0.00187. The van der Waals surface area contributed by atoms with Crippen LogP contribution in [0.5, 0.6) is 0 Å². The Hall–Kier alpha value is -6.25. The maximum atomic E-state index is 15.2. The second kappa shape index (κ2) is 39.7. The van der Waals surface area contributed by atoms with E-state index in [1.807, 2.05) is 41.5 Å². The number of hydrogen-bond acceptors (Lipinski definition) is 15. The van der Waals surface area contributed by atoms with Crippen LogP contribution >= 0.6 is 0 Å². The van der Waals surface area contributed by atoms with Crippen molar-refractivity contribution >= 4 is 65.0 Å². The van der Waals surface area contributed by atoms with Gasteiger partial charge in [-0.05, 0) is 115 Å². The van der Waals surface area contributed by atoms with Gasteiger partial charge < -0.3 is 70.1 Å². The van der Waals surface area contributed by atoms with Crippen molar-refractivity contribution in [1.82, 2.24) is 60.5 Å². The molecule has 2 fully saturated rings. The number of ether oxygens (including phenoxy) is 2. The quantitative estimate of drug-likeness (QED) is 0.0865. The molecule has 0 saturated carbocycles. The zero-order valence-electron chi connectivity index (χ0n) is 61.3. The fraction of sp³-hybridized carbons (Fsp3) is 0.809. The number of morpholine rings is 1. The van der Waals surface area contributed by atoms with Gasteiger partial charge in [0.05, 0.1) is 32.0 Å². The van der Waals surface area contributed by atoms with Crippen LogP contribution in [0.15, 0.2) is 12.2 Å². The zero-order valence-corrected chi connectivity index (χ0v) is 61.3. The molecule has 2 heterocycles. The Bertz CT molecular complexity index is 2540. The predicted molar refractivity (Wildman–Crippen MR) is 361 cm³/mol. The normalized spacial score (nSPS) is 26.9. The molecule has 0 bridgehead atoms. The highest BCUT2D eigenvalue weighted by atomic mass is 16.5. The number of nitrogens with zero attached hydrogens (tertiary/aromatic N) is 8. The molecular weight excluding hydrogens is 1210 g/mol. The Kier molecular flexibility index (Phi) is 35.4. The van der Waals surface area contributed by atoms with Gasteiger partial charge in [-0.15, -0.1) is 0 Å². The van der Waals surface area contributed by atoms with Gasteiger partial charge in [0.25, 0.3) is 0 Å². The molecule has 2 saturated heterocycles. The van der Waals surface area contributed by atoms with Crippen LogP contribution in [0.2, 0.25) is 0 Å². The van der Waals surface area contributed by atoms with E-state index in [4.69, 9.17) is 9.47 Å². The molecule has 538 valence electrons. The van der Waals surface area contributed by atoms with Crippen molar-refractivity contribution in [3.63, 3.8) is 0 Å². The van der Waals surface area contributed by atoms with Gasteiger partial charge in [0.2, 0.25) is 65.0 Å². The number of rotatable bonds is 20. The van der Waals surface area contributed by atoms with Gasteiger partial charge in [0.15, 0.2) is 0 Å². The summed E-state index contributed by atoms with van der Waals surface area (Å²) >= 11 is 0. The summed E-state index contributed by atoms with van der Waals surface area (Å²) in [4.78, 5) is 173. The van der Waals surface area contributed by atoms with E-state index in [-0.39, 0.29) is 50.0 Å². The summed E-state index contributed by atoms with van der Waals surface area (Å²) < 4.78 is 11.8. The lowest BCUT2D eigenvalue weighted by molar-refractivity contribution is -0.157. The fourth-order valence-corrected chi connectivity index (χ4v) is 12.1. The maximum Gasteiger partial charge on any atom is 0.246 e. The topological polar surface area (TPSA) is 300 Å². The van der Waals surface area contributed by atoms with E-state index in [0.717, 1.165) is 40.8 Å². The standard InChI is InChI=1S/C68H122N12O14/c1-24-26-29-45(13)58(82)57-62(86)71-49(25-2)64(88)73(17)39-53(81)77(21)56(48(16)94-33-28-27-30-80-31-34-93-35-32-80)61(85)72-54(43(9)10)67(91)74(18)50(36-40(3)4)60(84)69-46(14)59(83)70-47(15)63(87)75(19)51(37-41(5)6)65(89)76(20)52(38-42(7)8)66(90)78(22)55(44(11)12)68(92)79(57)23/h24,26,40-52,54-58,82H,25,27-39H2,1-23H3,(H,69,84)(H,70,83)(H,71,86)(H,72,85)/t45-,46+,47-,48-,49+,50+,51+,52+,54+,55+,56+,57+,58-/m1/s1. The third-order valence-electron chi connectivity index (χ3n) is 18.1. The van der Waals surface area contributed by atoms with Crippen molar-refractivity contribution < 1.29 is 67.3 Å². The first-order chi connectivity index (χ1) is 43.8. The first-order valence-electron chi connectivity index (χ1n) is 34.1. The minimum atomic E-state index is -1.63. The number of allylic oxidation sites excluding steroid dienone is 2. The number of aliphatic hydroxyl groups excluding tert-OH is 1. The molecule has 0 aromatic carbocycles. The van der Waals surface area contributed by atoms with Gasteiger partial charge in [-0.25, -0.2) is 0 Å². The van der Waals surface area contributed by atoms with E-state index in [1.165, 1.54) is 82.8 Å². The number of hydrogen-bond donors (Lipinski definition) is 5. The van der Waals surface area contributed by atoms with Crippen molar-refractivity contribution in [2.45, 2.75) is 228 Å². The summed E-state index contributed by atoms with van der Waals surface area (Å²) in [6, 6.07) is -12.8. The highest BCUT2D eigenvalue weighted by Gasteiger charge is 2.46. The molecule has 2 rings (SSSR count). The molecular formula is C68H122N12O14. The fourth-order valence-electron chi connectivity index (χ4n) is 12.1. The van der Waals surface area contributed by atoms with Crippen LogP contribution in [0.4, 0.5) is 0 Å². The van der Waals surface area contributed by atoms with Gasteiger partial charge in [0, 0.05) is 69.0 Å². The van der Waals surface area contributed by atoms with Gasteiger partial charge in [-0.2, -0.15) is 0 Å². The summed E-state index contributed by atoms with van der Waals surface area (Å²) in [6.07, 6.45) is 3.21. The van der Waals surface area contributed by atoms with Crippen molar-refractivity contribution in [1.29, 1.82) is 0 Å². The van der Waals surface area contributed by atoms with Gasteiger partial charge in [0.1, 0.15) is 60.4 Å². The summed E-state index contributed by atoms with van der Waals surface area (Å²) in [5.41, 5.74) is 0. The minimum Gasteiger partial charge on any atom is -0.390 e. The summed E-state index contributed by atoms with van der Waals surface area (Å²) in [5, 5.41) is 23.2. The predicted octanol–water partition coefficient (Wildman–Crippen LogP) is 2.74. The molecule has 13 atom stereocenters. The zero-order chi connectivity index (χ0) is 71.9. The Morgan fingerprint density at radius 1 is 0.532 bits per heavy atom. The van der Waals surface area contributed by atoms with Crippen molar-refractivity contribution in [2.75, 3.05) is 95.3 Å². The van der Waals surface area contributed by atoms with Crippen LogP contribution in [0.3, 0.4) is 0 Å². The molecule has 11 amide bonds. The van der Waals surface area contributed by atoms with E-state index in [2.05, 4.69) is 26.2 Å². The smallest absolute Gasteiger partial charge is 0.246 e. The summed E-state index contributed by atoms with van der Waals surface area (Å²) in [7, 11) is 9.87. The number of nitrogens with one attached hydrogen (secondary N) is 4. The SMILES string of the molecule is CC=CC[C@@H](C)[C@@H](O)[C@H]1C(=O)N[C@@H](CC)C(=O)N(C)CC(=O)N(C)[C@@H]([C@@H](C)OCCCCN2CCOCC2)C(=O)N[C@@H](C(C)C)C(=O)N(C)[C@@H](CC(C)C)C(=O)N[C@@H](C)C(=O)N[C@H](C)C(=O)N(C)[C@@H](CC(C)C)C(=O)N(C)[C@@H](CC(C)C)C(=O)N(C)[C@@H](C(C)C)C(=O)N1C. The second-order valence-electron chi connectivity index (χ2n) is 28.1. The molecule has 0 unspecified atom stereocenters. The molecule has 26 heteroatoms. The van der Waals surface area contributed by atoms with Crippen LogP contribution in [-0.2, 0) is 62.2 Å². The highest BCUT2D eigenvalue weighted by molar-refractivity contribution is 5.99. The largest absolute Gasteiger partial charge is 0.390 e. The van der Waals surface area contributed by atoms with Crippen molar-refractivity contribution in [3.8, 4) is 0 Å². The molecule has 0 aliphatic carbocycles. The first-order valence-corrected chi connectivity index (χ1v) is 34.1. The molecule has 26 nitrogen and oxygen atoms in total. The van der Waals surface area contributed by atoms with E-state index >= 15 is 14.4 Å². The second-order valence-corrected chi connectivity index (χ2v) is 28.1. The van der Waals surface area contributed by atoms with Crippen LogP contribution in [0.25, 0.3) is 0 Å². The summed E-state index contributed by atoms with van der Waals surface area (Å²) in [5.74, 6) is -10.0. The Balaban J connectivity index is 2.97. The van der Waals surface area contributed by atoms with Gasteiger partial charge in [-0.1, -0.05) is 95.2 Å². The van der Waals surface area contributed by atoms with E-state index in [1.54, 1.807) is 67.5 Å². The number of aliphatic hydroxyl groups is 1. The maximum absolute atomic E-state index is 15.2. The molecule has 5 N–H and O–H groups in total. The molecule has 0 aromatic rings. The van der Waals surface area contributed by atoms with Crippen LogP contribution in [-0.4, -0.2) is 277 Å². The third kappa shape index (κ3) is 24.1. The van der Waals surface area contributed by atoms with E-state index in [9.17, 15) is 43.5 Å². The van der Waals surface area contributed by atoms with Gasteiger partial charge in [-0.3, -0.25) is 57.6 Å². The van der Waals surface area contributed by atoms with Crippen molar-refractivity contribution in [3.05, 3.63) is 12.2 Å². The van der Waals surface area contributed by atoms with E-state index < -0.39 is 162 Å². The lowest BCUT2D eigenvalue weighted by Gasteiger charge is -2.41. The van der Waals surface area contributed by atoms with Crippen LogP contribution < -0.4 is 21.3 Å². The number of carbonyl (C=O) groups is 11. The Labute approximate surface area is 562 Å². The number of unbranched alkanes of at least 4 members (excludes halogenated alkanes) is 1. The van der Waals surface area contributed by atoms with Crippen LogP contribution in [0.1, 0.15) is 156 Å². The first kappa shape index (κ1) is 83.8.